The summed E-state index contributed by atoms with van der Waals surface area (Å²) in [5, 5.41) is 7.29. The lowest BCUT2D eigenvalue weighted by molar-refractivity contribution is -0.121. The van der Waals surface area contributed by atoms with Gasteiger partial charge in [0.05, 0.1) is 5.02 Å². The van der Waals surface area contributed by atoms with Crippen LogP contribution in [0.25, 0.3) is 11.4 Å². The van der Waals surface area contributed by atoms with Crippen molar-refractivity contribution in [1.82, 2.24) is 20.4 Å². The van der Waals surface area contributed by atoms with Crippen LogP contribution in [0, 0.1) is 0 Å². The van der Waals surface area contributed by atoms with E-state index in [1.807, 2.05) is 30.3 Å². The molecule has 3 aromatic rings. The van der Waals surface area contributed by atoms with Crippen molar-refractivity contribution in [2.24, 2.45) is 0 Å². The second-order valence-electron chi connectivity index (χ2n) is 5.13. The van der Waals surface area contributed by atoms with Crippen molar-refractivity contribution < 1.29 is 9.32 Å². The molecule has 1 aromatic carbocycles. The number of hydrogen-bond acceptors (Lipinski definition) is 5. The summed E-state index contributed by atoms with van der Waals surface area (Å²) in [6.07, 6.45) is 4.05. The zero-order valence-electron chi connectivity index (χ0n) is 12.8. The van der Waals surface area contributed by atoms with E-state index in [-0.39, 0.29) is 12.3 Å². The van der Waals surface area contributed by atoms with E-state index in [2.05, 4.69) is 20.4 Å². The Kier molecular flexibility index (Phi) is 5.18. The van der Waals surface area contributed by atoms with E-state index in [9.17, 15) is 4.79 Å². The van der Waals surface area contributed by atoms with E-state index in [0.717, 1.165) is 5.56 Å². The van der Waals surface area contributed by atoms with Gasteiger partial charge in [-0.3, -0.25) is 9.78 Å². The first-order chi connectivity index (χ1) is 11.7. The quantitative estimate of drug-likeness (QED) is 0.744. The van der Waals surface area contributed by atoms with Crippen molar-refractivity contribution >= 4 is 17.5 Å². The zero-order valence-corrected chi connectivity index (χ0v) is 13.5. The highest BCUT2D eigenvalue weighted by molar-refractivity contribution is 6.33. The Balaban J connectivity index is 1.52. The monoisotopic (exact) mass is 342 g/mol. The van der Waals surface area contributed by atoms with Crippen molar-refractivity contribution in [3.8, 4) is 11.4 Å². The van der Waals surface area contributed by atoms with Gasteiger partial charge in [-0.05, 0) is 23.8 Å². The van der Waals surface area contributed by atoms with E-state index in [1.165, 1.54) is 0 Å². The number of carbonyl (C=O) groups excluding carboxylic acids is 1. The first-order valence-electron chi connectivity index (χ1n) is 7.45. The third-order valence-corrected chi connectivity index (χ3v) is 3.69. The number of amides is 1. The van der Waals surface area contributed by atoms with Crippen LogP contribution in [0.1, 0.15) is 17.9 Å². The van der Waals surface area contributed by atoms with Crippen molar-refractivity contribution in [2.75, 3.05) is 0 Å². The molecule has 0 saturated carbocycles. The molecule has 24 heavy (non-hydrogen) atoms. The first kappa shape index (κ1) is 16.1. The van der Waals surface area contributed by atoms with Gasteiger partial charge >= 0.3 is 0 Å². The van der Waals surface area contributed by atoms with E-state index >= 15 is 0 Å². The van der Waals surface area contributed by atoms with Crippen LogP contribution in [0.2, 0.25) is 5.02 Å². The summed E-state index contributed by atoms with van der Waals surface area (Å²) in [6, 6.07) is 11.0. The fourth-order valence-electron chi connectivity index (χ4n) is 2.12. The molecule has 2 aromatic heterocycles. The molecule has 0 spiro atoms. The lowest BCUT2D eigenvalue weighted by Gasteiger charge is -2.03. The number of benzene rings is 1. The van der Waals surface area contributed by atoms with E-state index < -0.39 is 0 Å². The number of halogens is 1. The Bertz CT molecular complexity index is 820. The second-order valence-corrected chi connectivity index (χ2v) is 5.54. The minimum Gasteiger partial charge on any atom is -0.352 e. The molecule has 0 radical (unpaired) electrons. The fourth-order valence-corrected chi connectivity index (χ4v) is 2.34. The Labute approximate surface area is 143 Å². The predicted octanol–water partition coefficient (Wildman–Crippen LogP) is 3.03. The number of aryl methyl sites for hydroxylation is 1. The molecule has 6 nitrogen and oxygen atoms in total. The maximum atomic E-state index is 11.9. The van der Waals surface area contributed by atoms with Gasteiger partial charge in [0, 0.05) is 37.3 Å². The van der Waals surface area contributed by atoms with Crippen molar-refractivity contribution in [2.45, 2.75) is 19.4 Å². The van der Waals surface area contributed by atoms with Gasteiger partial charge in [0.15, 0.2) is 0 Å². The third-order valence-electron chi connectivity index (χ3n) is 3.36. The van der Waals surface area contributed by atoms with Crippen LogP contribution >= 0.6 is 11.6 Å². The molecule has 0 atom stereocenters. The van der Waals surface area contributed by atoms with Gasteiger partial charge < -0.3 is 9.84 Å². The van der Waals surface area contributed by atoms with Gasteiger partial charge in [-0.25, -0.2) is 0 Å². The normalized spacial score (nSPS) is 10.5. The highest BCUT2D eigenvalue weighted by Gasteiger charge is 2.12. The van der Waals surface area contributed by atoms with Gasteiger partial charge in [-0.2, -0.15) is 4.98 Å². The fraction of sp³-hybridized carbons (Fsp3) is 0.176. The molecule has 0 aliphatic rings. The average Bonchev–Trinajstić information content (AvgIpc) is 3.08. The molecule has 0 unspecified atom stereocenters. The van der Waals surface area contributed by atoms with Crippen molar-refractivity contribution in [1.29, 1.82) is 0 Å². The summed E-state index contributed by atoms with van der Waals surface area (Å²) in [4.78, 5) is 20.2. The van der Waals surface area contributed by atoms with Crippen molar-refractivity contribution in [3.05, 3.63) is 65.3 Å². The predicted molar refractivity (Wildman–Crippen MR) is 89.1 cm³/mol. The molecular formula is C17H15ClN4O2. The summed E-state index contributed by atoms with van der Waals surface area (Å²) >= 11 is 6.10. The lowest BCUT2D eigenvalue weighted by Crippen LogP contribution is -2.23. The number of pyridine rings is 1. The molecule has 0 saturated heterocycles. The van der Waals surface area contributed by atoms with Crippen LogP contribution in [-0.4, -0.2) is 21.0 Å². The topological polar surface area (TPSA) is 80.9 Å². The summed E-state index contributed by atoms with van der Waals surface area (Å²) in [5.41, 5.74) is 1.65. The molecule has 2 heterocycles. The standard InChI is InChI=1S/C17H15ClN4O2/c18-14-6-2-1-5-13(14)17-21-16(24-22-17)8-7-15(23)20-11-12-4-3-9-19-10-12/h1-6,9-10H,7-8,11H2,(H,20,23). The Morgan fingerprint density at radius 3 is 2.88 bits per heavy atom. The number of nitrogens with zero attached hydrogens (tertiary/aromatic N) is 3. The maximum Gasteiger partial charge on any atom is 0.227 e. The number of aromatic nitrogens is 3. The largest absolute Gasteiger partial charge is 0.352 e. The molecule has 0 aliphatic carbocycles. The summed E-state index contributed by atoms with van der Waals surface area (Å²) in [7, 11) is 0. The molecule has 0 aliphatic heterocycles. The third kappa shape index (κ3) is 4.17. The van der Waals surface area contributed by atoms with Crippen LogP contribution in [0.5, 0.6) is 0 Å². The Morgan fingerprint density at radius 1 is 1.21 bits per heavy atom. The lowest BCUT2D eigenvalue weighted by atomic mass is 10.2. The number of carbonyl (C=O) groups is 1. The van der Waals surface area contributed by atoms with Crippen LogP contribution < -0.4 is 5.32 Å². The van der Waals surface area contributed by atoms with Gasteiger partial charge in [-0.15, -0.1) is 0 Å². The highest BCUT2D eigenvalue weighted by atomic mass is 35.5. The molecule has 0 fully saturated rings. The minimum absolute atomic E-state index is 0.0867. The Morgan fingerprint density at radius 2 is 2.08 bits per heavy atom. The second kappa shape index (κ2) is 7.70. The maximum absolute atomic E-state index is 11.9. The molecule has 7 heteroatoms. The van der Waals surface area contributed by atoms with Gasteiger partial charge in [-0.1, -0.05) is 35.0 Å². The summed E-state index contributed by atoms with van der Waals surface area (Å²) in [6.45, 7) is 0.446. The Hall–Kier alpha value is -2.73. The van der Waals surface area contributed by atoms with Gasteiger partial charge in [0.2, 0.25) is 17.6 Å². The van der Waals surface area contributed by atoms with Crippen LogP contribution in [0.15, 0.2) is 53.3 Å². The first-order valence-corrected chi connectivity index (χ1v) is 7.83. The number of hydrogen-bond donors (Lipinski definition) is 1. The van der Waals surface area contributed by atoms with Crippen LogP contribution in [-0.2, 0) is 17.8 Å². The van der Waals surface area contributed by atoms with Gasteiger partial charge in [0.25, 0.3) is 0 Å². The number of rotatable bonds is 6. The van der Waals surface area contributed by atoms with E-state index in [0.29, 0.717) is 35.3 Å². The highest BCUT2D eigenvalue weighted by Crippen LogP contribution is 2.24. The molecule has 1 N–H and O–H groups in total. The number of nitrogens with one attached hydrogen (secondary N) is 1. The van der Waals surface area contributed by atoms with Crippen LogP contribution in [0.3, 0.4) is 0 Å². The molecule has 122 valence electrons. The minimum atomic E-state index is -0.0867. The molecule has 1 amide bonds. The van der Waals surface area contributed by atoms with E-state index in [1.54, 1.807) is 18.5 Å². The van der Waals surface area contributed by atoms with Gasteiger partial charge in [0.1, 0.15) is 0 Å². The molecule has 0 bridgehead atoms. The molecular weight excluding hydrogens is 328 g/mol. The summed E-state index contributed by atoms with van der Waals surface area (Å²) < 4.78 is 5.18. The summed E-state index contributed by atoms with van der Waals surface area (Å²) in [5.74, 6) is 0.740. The SMILES string of the molecule is O=C(CCc1nc(-c2ccccc2Cl)no1)NCc1cccnc1. The zero-order chi connectivity index (χ0) is 16.8. The van der Waals surface area contributed by atoms with Crippen molar-refractivity contribution in [3.63, 3.8) is 0 Å². The molecule has 3 rings (SSSR count). The van der Waals surface area contributed by atoms with Crippen LogP contribution in [0.4, 0.5) is 0 Å². The smallest absolute Gasteiger partial charge is 0.227 e. The average molecular weight is 343 g/mol. The van der Waals surface area contributed by atoms with E-state index in [4.69, 9.17) is 16.1 Å².